The number of ether oxygens (including phenoxy) is 3. The highest BCUT2D eigenvalue weighted by Gasteiger charge is 2.16. The zero-order chi connectivity index (χ0) is 18.4. The average molecular weight is 365 g/mol. The molecule has 0 aromatic heterocycles. The van der Waals surface area contributed by atoms with Crippen molar-refractivity contribution in [2.24, 2.45) is 0 Å². The Morgan fingerprint density at radius 2 is 1.56 bits per heavy atom. The minimum Gasteiger partial charge on any atom is -0.493 e. The Morgan fingerprint density at radius 1 is 0.960 bits per heavy atom. The third-order valence-corrected chi connectivity index (χ3v) is 5.10. The van der Waals surface area contributed by atoms with Crippen molar-refractivity contribution in [2.75, 3.05) is 21.3 Å². The van der Waals surface area contributed by atoms with Gasteiger partial charge in [0.25, 0.3) is 0 Å². The summed E-state index contributed by atoms with van der Waals surface area (Å²) in [5.74, 6) is 1.37. The Kier molecular flexibility index (Phi) is 6.27. The highest BCUT2D eigenvalue weighted by Crippen LogP contribution is 2.38. The molecule has 0 aliphatic carbocycles. The van der Waals surface area contributed by atoms with Crippen molar-refractivity contribution in [3.63, 3.8) is 0 Å². The first-order chi connectivity index (χ1) is 11.9. The maximum atomic E-state index is 12.4. The van der Waals surface area contributed by atoms with E-state index < -0.39 is 10.0 Å². The first-order valence-electron chi connectivity index (χ1n) is 7.71. The molecule has 25 heavy (non-hydrogen) atoms. The molecule has 0 atom stereocenters. The third-order valence-electron chi connectivity index (χ3n) is 3.83. The number of benzene rings is 2. The van der Waals surface area contributed by atoms with Crippen molar-refractivity contribution in [3.8, 4) is 17.2 Å². The lowest BCUT2D eigenvalue weighted by Gasteiger charge is -2.14. The smallest absolute Gasteiger partial charge is 0.216 e. The van der Waals surface area contributed by atoms with Crippen LogP contribution < -0.4 is 18.9 Å². The molecule has 2 rings (SSSR count). The molecule has 0 fully saturated rings. The second kappa shape index (κ2) is 8.22. The van der Waals surface area contributed by atoms with Crippen LogP contribution in [-0.2, 0) is 22.3 Å². The summed E-state index contributed by atoms with van der Waals surface area (Å²) in [7, 11) is 1.08. The van der Waals surface area contributed by atoms with Crippen LogP contribution in [0.3, 0.4) is 0 Å². The lowest BCUT2D eigenvalue weighted by Crippen LogP contribution is -2.25. The molecule has 6 nitrogen and oxygen atoms in total. The van der Waals surface area contributed by atoms with Crippen LogP contribution in [0.15, 0.2) is 36.4 Å². The van der Waals surface area contributed by atoms with Gasteiger partial charge in [0, 0.05) is 6.54 Å². The van der Waals surface area contributed by atoms with Crippen LogP contribution >= 0.6 is 0 Å². The fraction of sp³-hybridized carbons (Fsp3) is 0.333. The summed E-state index contributed by atoms with van der Waals surface area (Å²) in [4.78, 5) is 0. The molecular weight excluding hydrogens is 342 g/mol. The minimum atomic E-state index is -3.47. The maximum absolute atomic E-state index is 12.4. The highest BCUT2D eigenvalue weighted by molar-refractivity contribution is 7.88. The van der Waals surface area contributed by atoms with Gasteiger partial charge in [0.15, 0.2) is 11.5 Å². The van der Waals surface area contributed by atoms with Crippen molar-refractivity contribution in [1.82, 2.24) is 4.72 Å². The van der Waals surface area contributed by atoms with E-state index in [1.54, 1.807) is 12.1 Å². The lowest BCUT2D eigenvalue weighted by molar-refractivity contribution is 0.323. The molecule has 0 bridgehead atoms. The molecule has 0 radical (unpaired) electrons. The van der Waals surface area contributed by atoms with E-state index >= 15 is 0 Å². The summed E-state index contributed by atoms with van der Waals surface area (Å²) in [6, 6.07) is 10.9. The first kappa shape index (κ1) is 19.1. The van der Waals surface area contributed by atoms with Gasteiger partial charge in [-0.15, -0.1) is 0 Å². The van der Waals surface area contributed by atoms with Crippen molar-refractivity contribution >= 4 is 10.0 Å². The Balaban J connectivity index is 2.16. The van der Waals surface area contributed by atoms with Gasteiger partial charge in [0.2, 0.25) is 15.8 Å². The molecule has 0 aliphatic rings. The van der Waals surface area contributed by atoms with Crippen molar-refractivity contribution < 1.29 is 22.6 Å². The molecule has 2 aromatic rings. The van der Waals surface area contributed by atoms with E-state index in [0.717, 1.165) is 11.1 Å². The van der Waals surface area contributed by atoms with Gasteiger partial charge in [-0.2, -0.15) is 0 Å². The minimum absolute atomic E-state index is 0.0654. The number of hydrogen-bond donors (Lipinski definition) is 1. The normalized spacial score (nSPS) is 11.2. The van der Waals surface area contributed by atoms with Gasteiger partial charge in [0.05, 0.1) is 27.1 Å². The van der Waals surface area contributed by atoms with Gasteiger partial charge >= 0.3 is 0 Å². The fourth-order valence-corrected chi connectivity index (χ4v) is 3.68. The van der Waals surface area contributed by atoms with Gasteiger partial charge in [0.1, 0.15) is 0 Å². The predicted octanol–water partition coefficient (Wildman–Crippen LogP) is 2.64. The highest BCUT2D eigenvalue weighted by atomic mass is 32.2. The number of hydrogen-bond acceptors (Lipinski definition) is 5. The summed E-state index contributed by atoms with van der Waals surface area (Å²) in [6.45, 7) is 2.02. The molecule has 0 unspecified atom stereocenters. The molecular formula is C18H23NO5S. The second-order valence-electron chi connectivity index (χ2n) is 5.54. The Bertz CT molecular complexity index is 808. The zero-order valence-corrected chi connectivity index (χ0v) is 15.6. The van der Waals surface area contributed by atoms with Crippen LogP contribution in [-0.4, -0.2) is 29.7 Å². The molecule has 0 saturated carbocycles. The maximum Gasteiger partial charge on any atom is 0.216 e. The number of methoxy groups -OCH3 is 3. The third kappa shape index (κ3) is 4.87. The number of sulfonamides is 1. The molecule has 7 heteroatoms. The molecule has 0 amide bonds. The van der Waals surface area contributed by atoms with E-state index in [1.165, 1.54) is 21.3 Å². The molecule has 136 valence electrons. The quantitative estimate of drug-likeness (QED) is 0.778. The largest absolute Gasteiger partial charge is 0.493 e. The molecule has 0 spiro atoms. The fourth-order valence-electron chi connectivity index (χ4n) is 2.46. The van der Waals surface area contributed by atoms with Gasteiger partial charge in [-0.25, -0.2) is 13.1 Å². The number of nitrogens with one attached hydrogen (secondary N) is 1. The van der Waals surface area contributed by atoms with Crippen molar-refractivity contribution in [2.45, 2.75) is 19.2 Å². The summed E-state index contributed by atoms with van der Waals surface area (Å²) in [6.07, 6.45) is 0. The zero-order valence-electron chi connectivity index (χ0n) is 14.8. The van der Waals surface area contributed by atoms with Crippen LogP contribution in [0.1, 0.15) is 16.7 Å². The molecule has 1 N–H and O–H groups in total. The van der Waals surface area contributed by atoms with Gasteiger partial charge in [-0.1, -0.05) is 24.3 Å². The molecule has 0 saturated heterocycles. The topological polar surface area (TPSA) is 73.9 Å². The Hall–Kier alpha value is -2.25. The molecule has 0 heterocycles. The van der Waals surface area contributed by atoms with E-state index in [2.05, 4.69) is 4.72 Å². The number of aryl methyl sites for hydroxylation is 1. The predicted molar refractivity (Wildman–Crippen MR) is 96.7 cm³/mol. The monoisotopic (exact) mass is 365 g/mol. The Morgan fingerprint density at radius 3 is 2.08 bits per heavy atom. The van der Waals surface area contributed by atoms with Crippen LogP contribution in [0.5, 0.6) is 17.2 Å². The second-order valence-corrected chi connectivity index (χ2v) is 7.35. The van der Waals surface area contributed by atoms with E-state index in [4.69, 9.17) is 14.2 Å². The summed E-state index contributed by atoms with van der Waals surface area (Å²) < 4.78 is 43.2. The number of rotatable bonds is 8. The van der Waals surface area contributed by atoms with E-state index in [0.29, 0.717) is 22.8 Å². The van der Waals surface area contributed by atoms with E-state index in [1.807, 2.05) is 31.2 Å². The van der Waals surface area contributed by atoms with Crippen LogP contribution in [0.25, 0.3) is 0 Å². The van der Waals surface area contributed by atoms with Crippen LogP contribution in [0.2, 0.25) is 0 Å². The molecule has 0 aliphatic heterocycles. The van der Waals surface area contributed by atoms with Gasteiger partial charge in [-0.3, -0.25) is 0 Å². The van der Waals surface area contributed by atoms with E-state index in [-0.39, 0.29) is 12.3 Å². The average Bonchev–Trinajstić information content (AvgIpc) is 2.60. The molecule has 2 aromatic carbocycles. The van der Waals surface area contributed by atoms with Crippen LogP contribution in [0, 0.1) is 6.92 Å². The lowest BCUT2D eigenvalue weighted by atomic mass is 10.1. The van der Waals surface area contributed by atoms with Gasteiger partial charge in [-0.05, 0) is 35.7 Å². The first-order valence-corrected chi connectivity index (χ1v) is 9.36. The van der Waals surface area contributed by atoms with E-state index in [9.17, 15) is 8.42 Å². The standard InChI is InChI=1S/C18H23NO5S/c1-13-7-5-6-8-15(13)12-25(20,21)19-11-14-9-16(22-2)18(24-4)17(10-14)23-3/h5-10,19H,11-12H2,1-4H3. The van der Waals surface area contributed by atoms with Gasteiger partial charge < -0.3 is 14.2 Å². The SMILES string of the molecule is COc1cc(CNS(=O)(=O)Cc2ccccc2C)cc(OC)c1OC. The summed E-state index contributed by atoms with van der Waals surface area (Å²) in [5.41, 5.74) is 2.43. The van der Waals surface area contributed by atoms with Crippen LogP contribution in [0.4, 0.5) is 0 Å². The Labute approximate surface area is 148 Å². The summed E-state index contributed by atoms with van der Waals surface area (Å²) >= 11 is 0. The summed E-state index contributed by atoms with van der Waals surface area (Å²) in [5, 5.41) is 0. The van der Waals surface area contributed by atoms with Crippen molar-refractivity contribution in [3.05, 3.63) is 53.1 Å². The van der Waals surface area contributed by atoms with Crippen molar-refractivity contribution in [1.29, 1.82) is 0 Å².